The first kappa shape index (κ1) is 11.6. The standard InChI is InChI=1S/C12H12FN3O/c13-11-2-1-9(5-10(11)6-14)8-16-4-3-15-7-12(16)17/h1-2,5,15H,3-4,7-8H2. The molecule has 2 rings (SSSR count). The van der Waals surface area contributed by atoms with E-state index in [1.54, 1.807) is 17.0 Å². The fourth-order valence-electron chi connectivity index (χ4n) is 1.79. The lowest BCUT2D eigenvalue weighted by atomic mass is 10.1. The smallest absolute Gasteiger partial charge is 0.236 e. The zero-order valence-electron chi connectivity index (χ0n) is 9.24. The molecular formula is C12H12FN3O. The molecule has 1 aliphatic heterocycles. The molecule has 1 heterocycles. The van der Waals surface area contributed by atoms with Crippen molar-refractivity contribution in [2.45, 2.75) is 6.54 Å². The summed E-state index contributed by atoms with van der Waals surface area (Å²) in [6, 6.07) is 6.15. The molecule has 0 spiro atoms. The molecule has 1 aromatic rings. The Morgan fingerprint density at radius 3 is 3.06 bits per heavy atom. The number of carbonyl (C=O) groups is 1. The largest absolute Gasteiger partial charge is 0.336 e. The predicted molar refractivity (Wildman–Crippen MR) is 59.4 cm³/mol. The average Bonchev–Trinajstić information content (AvgIpc) is 2.34. The molecule has 0 radical (unpaired) electrons. The van der Waals surface area contributed by atoms with Crippen molar-refractivity contribution < 1.29 is 9.18 Å². The van der Waals surface area contributed by atoms with Crippen LogP contribution in [0.3, 0.4) is 0 Å². The van der Waals surface area contributed by atoms with Crippen molar-refractivity contribution >= 4 is 5.91 Å². The van der Waals surface area contributed by atoms with Gasteiger partial charge in [0.2, 0.25) is 5.91 Å². The lowest BCUT2D eigenvalue weighted by molar-refractivity contribution is -0.132. The molecule has 0 unspecified atom stereocenters. The van der Waals surface area contributed by atoms with E-state index in [1.165, 1.54) is 12.1 Å². The van der Waals surface area contributed by atoms with Crippen LogP contribution in [0.1, 0.15) is 11.1 Å². The van der Waals surface area contributed by atoms with Gasteiger partial charge >= 0.3 is 0 Å². The Labute approximate surface area is 98.6 Å². The highest BCUT2D eigenvalue weighted by atomic mass is 19.1. The molecule has 1 N–H and O–H groups in total. The second kappa shape index (κ2) is 4.93. The summed E-state index contributed by atoms with van der Waals surface area (Å²) in [7, 11) is 0. The van der Waals surface area contributed by atoms with Crippen LogP contribution in [-0.2, 0) is 11.3 Å². The van der Waals surface area contributed by atoms with Gasteiger partial charge in [0.25, 0.3) is 0 Å². The maximum atomic E-state index is 13.1. The number of rotatable bonds is 2. The van der Waals surface area contributed by atoms with Gasteiger partial charge in [-0.25, -0.2) is 4.39 Å². The highest BCUT2D eigenvalue weighted by molar-refractivity contribution is 5.79. The summed E-state index contributed by atoms with van der Waals surface area (Å²) in [6.07, 6.45) is 0. The lowest BCUT2D eigenvalue weighted by Crippen LogP contribution is -2.47. The van der Waals surface area contributed by atoms with Crippen LogP contribution in [0.4, 0.5) is 4.39 Å². The van der Waals surface area contributed by atoms with E-state index >= 15 is 0 Å². The average molecular weight is 233 g/mol. The number of hydrogen-bond acceptors (Lipinski definition) is 3. The molecule has 0 bridgehead atoms. The van der Waals surface area contributed by atoms with Gasteiger partial charge in [-0.1, -0.05) is 6.07 Å². The SMILES string of the molecule is N#Cc1cc(CN2CCNCC2=O)ccc1F. The third-order valence-electron chi connectivity index (χ3n) is 2.71. The minimum absolute atomic E-state index is 0.0186. The molecule has 5 heteroatoms. The molecule has 1 fully saturated rings. The summed E-state index contributed by atoms with van der Waals surface area (Å²) in [6.45, 7) is 2.16. The van der Waals surface area contributed by atoms with E-state index in [9.17, 15) is 9.18 Å². The van der Waals surface area contributed by atoms with Gasteiger partial charge in [0.15, 0.2) is 0 Å². The second-order valence-corrected chi connectivity index (χ2v) is 3.92. The minimum Gasteiger partial charge on any atom is -0.336 e. The van der Waals surface area contributed by atoms with Crippen molar-refractivity contribution in [2.24, 2.45) is 0 Å². The molecule has 88 valence electrons. The molecule has 17 heavy (non-hydrogen) atoms. The van der Waals surface area contributed by atoms with Gasteiger partial charge in [-0.2, -0.15) is 5.26 Å². The van der Waals surface area contributed by atoms with E-state index in [0.29, 0.717) is 19.6 Å². The van der Waals surface area contributed by atoms with Gasteiger partial charge in [0.1, 0.15) is 11.9 Å². The molecule has 4 nitrogen and oxygen atoms in total. The molecule has 1 amide bonds. The van der Waals surface area contributed by atoms with E-state index in [-0.39, 0.29) is 11.5 Å². The van der Waals surface area contributed by atoms with Crippen LogP contribution in [0, 0.1) is 17.1 Å². The summed E-state index contributed by atoms with van der Waals surface area (Å²) in [4.78, 5) is 13.2. The second-order valence-electron chi connectivity index (χ2n) is 3.92. The third kappa shape index (κ3) is 2.60. The van der Waals surface area contributed by atoms with Gasteiger partial charge < -0.3 is 10.2 Å². The monoisotopic (exact) mass is 233 g/mol. The van der Waals surface area contributed by atoms with Crippen LogP contribution in [0.15, 0.2) is 18.2 Å². The summed E-state index contributed by atoms with van der Waals surface area (Å²) >= 11 is 0. The van der Waals surface area contributed by atoms with E-state index in [2.05, 4.69) is 5.32 Å². The predicted octanol–water partition coefficient (Wildman–Crippen LogP) is 0.629. The lowest BCUT2D eigenvalue weighted by Gasteiger charge is -2.27. The third-order valence-corrected chi connectivity index (χ3v) is 2.71. The number of nitrogens with zero attached hydrogens (tertiary/aromatic N) is 2. The quantitative estimate of drug-likeness (QED) is 0.815. The van der Waals surface area contributed by atoms with E-state index in [1.807, 2.05) is 0 Å². The molecule has 0 atom stereocenters. The fourth-order valence-corrected chi connectivity index (χ4v) is 1.79. The zero-order valence-corrected chi connectivity index (χ0v) is 9.24. The Balaban J connectivity index is 2.13. The fraction of sp³-hybridized carbons (Fsp3) is 0.333. The van der Waals surface area contributed by atoms with E-state index < -0.39 is 5.82 Å². The van der Waals surface area contributed by atoms with Gasteiger partial charge in [-0.3, -0.25) is 4.79 Å². The molecule has 1 aliphatic rings. The van der Waals surface area contributed by atoms with E-state index in [4.69, 9.17) is 5.26 Å². The van der Waals surface area contributed by atoms with Crippen LogP contribution in [0.2, 0.25) is 0 Å². The number of carbonyl (C=O) groups excluding carboxylic acids is 1. The van der Waals surface area contributed by atoms with Crippen molar-refractivity contribution in [2.75, 3.05) is 19.6 Å². The van der Waals surface area contributed by atoms with Gasteiger partial charge in [0.05, 0.1) is 12.1 Å². The number of piperazine rings is 1. The van der Waals surface area contributed by atoms with Crippen molar-refractivity contribution in [1.29, 1.82) is 5.26 Å². The minimum atomic E-state index is -0.525. The van der Waals surface area contributed by atoms with Crippen molar-refractivity contribution in [3.63, 3.8) is 0 Å². The Hall–Kier alpha value is -1.93. The number of amides is 1. The first-order chi connectivity index (χ1) is 8.20. The molecule has 0 aromatic heterocycles. The topological polar surface area (TPSA) is 56.1 Å². The van der Waals surface area contributed by atoms with Gasteiger partial charge in [-0.05, 0) is 17.7 Å². The van der Waals surface area contributed by atoms with Crippen LogP contribution in [0.5, 0.6) is 0 Å². The van der Waals surface area contributed by atoms with Crippen molar-refractivity contribution in [3.05, 3.63) is 35.1 Å². The highest BCUT2D eigenvalue weighted by Crippen LogP contribution is 2.12. The zero-order chi connectivity index (χ0) is 12.3. The number of nitrogens with one attached hydrogen (secondary N) is 1. The summed E-state index contributed by atoms with van der Waals surface area (Å²) in [5.41, 5.74) is 0.795. The Morgan fingerprint density at radius 2 is 2.35 bits per heavy atom. The molecule has 0 aliphatic carbocycles. The first-order valence-corrected chi connectivity index (χ1v) is 5.38. The van der Waals surface area contributed by atoms with Crippen molar-refractivity contribution in [1.82, 2.24) is 10.2 Å². The Morgan fingerprint density at radius 1 is 1.53 bits per heavy atom. The number of benzene rings is 1. The molecule has 1 aromatic carbocycles. The number of nitriles is 1. The summed E-state index contributed by atoms with van der Waals surface area (Å²) in [5.74, 6) is -0.498. The Bertz CT molecular complexity index is 481. The number of hydrogen-bond donors (Lipinski definition) is 1. The van der Waals surface area contributed by atoms with Crippen LogP contribution in [0.25, 0.3) is 0 Å². The van der Waals surface area contributed by atoms with Gasteiger partial charge in [-0.15, -0.1) is 0 Å². The van der Waals surface area contributed by atoms with Crippen LogP contribution >= 0.6 is 0 Å². The van der Waals surface area contributed by atoms with E-state index in [0.717, 1.165) is 12.1 Å². The molecular weight excluding hydrogens is 221 g/mol. The van der Waals surface area contributed by atoms with Crippen molar-refractivity contribution in [3.8, 4) is 6.07 Å². The maximum absolute atomic E-state index is 13.1. The molecule has 1 saturated heterocycles. The summed E-state index contributed by atoms with van der Waals surface area (Å²) < 4.78 is 13.1. The molecule has 0 saturated carbocycles. The summed E-state index contributed by atoms with van der Waals surface area (Å²) in [5, 5.41) is 11.7. The first-order valence-electron chi connectivity index (χ1n) is 5.38. The highest BCUT2D eigenvalue weighted by Gasteiger charge is 2.17. The normalized spacial score (nSPS) is 15.8. The Kier molecular flexibility index (Phi) is 3.35. The van der Waals surface area contributed by atoms with Crippen LogP contribution < -0.4 is 5.32 Å². The maximum Gasteiger partial charge on any atom is 0.236 e. The van der Waals surface area contributed by atoms with Crippen LogP contribution in [-0.4, -0.2) is 30.4 Å². The van der Waals surface area contributed by atoms with Gasteiger partial charge in [0, 0.05) is 19.6 Å². The number of halogens is 1.